The standard InChI is InChI=1S/C5H9Cl3OSi/c6-10(7,8)9-5-3-1-2-4-5/h5H,1-4H2. The molecule has 1 nitrogen and oxygen atoms in total. The highest BCUT2D eigenvalue weighted by Gasteiger charge is 2.32. The van der Waals surface area contributed by atoms with Crippen molar-refractivity contribution >= 4 is 39.5 Å². The zero-order valence-corrected chi connectivity index (χ0v) is 8.72. The normalized spacial score (nSPS) is 21.9. The lowest BCUT2D eigenvalue weighted by Crippen LogP contribution is -2.23. The zero-order chi connectivity index (χ0) is 7.61. The van der Waals surface area contributed by atoms with Crippen LogP contribution in [0, 0.1) is 0 Å². The highest BCUT2D eigenvalue weighted by atomic mass is 35.8. The van der Waals surface area contributed by atoms with E-state index in [1.807, 2.05) is 0 Å². The molecule has 1 fully saturated rings. The molecule has 10 heavy (non-hydrogen) atoms. The van der Waals surface area contributed by atoms with Gasteiger partial charge in [0.05, 0.1) is 0 Å². The number of hydrogen-bond acceptors (Lipinski definition) is 1. The molecule has 1 aliphatic rings. The van der Waals surface area contributed by atoms with Gasteiger partial charge in [-0.05, 0) is 12.8 Å². The Morgan fingerprint density at radius 3 is 2.00 bits per heavy atom. The van der Waals surface area contributed by atoms with Gasteiger partial charge in [0.1, 0.15) is 0 Å². The van der Waals surface area contributed by atoms with Gasteiger partial charge in [0.2, 0.25) is 0 Å². The van der Waals surface area contributed by atoms with E-state index in [1.54, 1.807) is 0 Å². The van der Waals surface area contributed by atoms with Gasteiger partial charge in [-0.1, -0.05) is 46.1 Å². The highest BCUT2D eigenvalue weighted by Crippen LogP contribution is 2.29. The molecule has 5 heteroatoms. The van der Waals surface area contributed by atoms with Crippen molar-refractivity contribution in [3.63, 3.8) is 0 Å². The van der Waals surface area contributed by atoms with Gasteiger partial charge >= 0.3 is 6.25 Å². The Morgan fingerprint density at radius 2 is 1.60 bits per heavy atom. The molecule has 0 aromatic heterocycles. The van der Waals surface area contributed by atoms with E-state index in [-0.39, 0.29) is 6.10 Å². The minimum atomic E-state index is -2.81. The summed E-state index contributed by atoms with van der Waals surface area (Å²) in [5.41, 5.74) is 0. The van der Waals surface area contributed by atoms with Crippen molar-refractivity contribution in [3.8, 4) is 0 Å². The van der Waals surface area contributed by atoms with Crippen molar-refractivity contribution in [3.05, 3.63) is 0 Å². The van der Waals surface area contributed by atoms with Gasteiger partial charge in [-0.3, -0.25) is 0 Å². The fraction of sp³-hybridized carbons (Fsp3) is 1.00. The molecule has 0 N–H and O–H groups in total. The van der Waals surface area contributed by atoms with Crippen molar-refractivity contribution in [2.24, 2.45) is 0 Å². The molecule has 0 atom stereocenters. The summed E-state index contributed by atoms with van der Waals surface area (Å²) in [5, 5.41) is 0. The fourth-order valence-electron chi connectivity index (χ4n) is 1.20. The van der Waals surface area contributed by atoms with E-state index in [4.69, 9.17) is 37.7 Å². The monoisotopic (exact) mass is 218 g/mol. The summed E-state index contributed by atoms with van der Waals surface area (Å²) in [6.07, 6.45) is 1.95. The van der Waals surface area contributed by atoms with E-state index >= 15 is 0 Å². The molecule has 0 radical (unpaired) electrons. The van der Waals surface area contributed by atoms with Gasteiger partial charge in [0.25, 0.3) is 0 Å². The Balaban J connectivity index is 2.24. The van der Waals surface area contributed by atoms with Crippen LogP contribution in [-0.4, -0.2) is 12.4 Å². The maximum Gasteiger partial charge on any atom is 0.494 e. The number of halogens is 3. The predicted molar refractivity (Wildman–Crippen MR) is 46.7 cm³/mol. The quantitative estimate of drug-likeness (QED) is 0.512. The van der Waals surface area contributed by atoms with Crippen LogP contribution in [0.5, 0.6) is 0 Å². The first-order valence-electron chi connectivity index (χ1n) is 3.32. The first-order valence-corrected chi connectivity index (χ1v) is 8.27. The molecule has 0 heterocycles. The summed E-state index contributed by atoms with van der Waals surface area (Å²) in [4.78, 5) is 0. The van der Waals surface area contributed by atoms with Crippen LogP contribution in [-0.2, 0) is 4.43 Å². The molecule has 0 aromatic rings. The highest BCUT2D eigenvalue weighted by molar-refractivity contribution is 7.62. The average molecular weight is 220 g/mol. The third-order valence-electron chi connectivity index (χ3n) is 1.60. The average Bonchev–Trinajstić information content (AvgIpc) is 2.12. The second-order valence-corrected chi connectivity index (χ2v) is 10.1. The molecule has 1 rings (SSSR count). The van der Waals surface area contributed by atoms with Crippen molar-refractivity contribution < 1.29 is 4.43 Å². The Labute approximate surface area is 75.8 Å². The topological polar surface area (TPSA) is 9.23 Å². The lowest BCUT2D eigenvalue weighted by Gasteiger charge is -2.15. The molecule has 0 aromatic carbocycles. The Kier molecular flexibility index (Phi) is 3.32. The molecule has 0 amide bonds. The van der Waals surface area contributed by atoms with Gasteiger partial charge in [-0.2, -0.15) is 0 Å². The molecule has 60 valence electrons. The van der Waals surface area contributed by atoms with Gasteiger partial charge in [0, 0.05) is 6.10 Å². The Morgan fingerprint density at radius 1 is 1.10 bits per heavy atom. The van der Waals surface area contributed by atoms with E-state index in [1.165, 1.54) is 12.8 Å². The van der Waals surface area contributed by atoms with Gasteiger partial charge in [0.15, 0.2) is 0 Å². The van der Waals surface area contributed by atoms with Crippen LogP contribution in [0.2, 0.25) is 0 Å². The fourth-order valence-corrected chi connectivity index (χ4v) is 2.94. The van der Waals surface area contributed by atoms with Crippen molar-refractivity contribution in [2.45, 2.75) is 31.8 Å². The molecule has 0 unspecified atom stereocenters. The number of rotatable bonds is 2. The summed E-state index contributed by atoms with van der Waals surface area (Å²) in [5.74, 6) is 0. The second kappa shape index (κ2) is 3.63. The van der Waals surface area contributed by atoms with Gasteiger partial charge < -0.3 is 4.43 Å². The predicted octanol–water partition coefficient (Wildman–Crippen LogP) is 3.10. The molecular weight excluding hydrogens is 210 g/mol. The van der Waals surface area contributed by atoms with Crippen LogP contribution in [0.25, 0.3) is 0 Å². The minimum Gasteiger partial charge on any atom is -0.378 e. The zero-order valence-electron chi connectivity index (χ0n) is 5.45. The first-order chi connectivity index (χ1) is 4.58. The third kappa shape index (κ3) is 3.44. The molecule has 1 aliphatic carbocycles. The molecule has 1 saturated carbocycles. The van der Waals surface area contributed by atoms with Crippen LogP contribution in [0.4, 0.5) is 0 Å². The lowest BCUT2D eigenvalue weighted by atomic mass is 10.3. The Hall–Kier alpha value is 1.05. The summed E-state index contributed by atoms with van der Waals surface area (Å²) in [6, 6.07) is 0. The summed E-state index contributed by atoms with van der Waals surface area (Å²) < 4.78 is 5.23. The van der Waals surface area contributed by atoms with E-state index in [2.05, 4.69) is 0 Å². The maximum absolute atomic E-state index is 5.56. The van der Waals surface area contributed by atoms with Crippen molar-refractivity contribution in [1.82, 2.24) is 0 Å². The van der Waals surface area contributed by atoms with E-state index in [9.17, 15) is 0 Å². The second-order valence-electron chi connectivity index (χ2n) is 2.47. The summed E-state index contributed by atoms with van der Waals surface area (Å²) in [6.45, 7) is 0. The summed E-state index contributed by atoms with van der Waals surface area (Å²) >= 11 is 16.7. The summed E-state index contributed by atoms with van der Waals surface area (Å²) in [7, 11) is 0. The van der Waals surface area contributed by atoms with Crippen LogP contribution in [0.1, 0.15) is 25.7 Å². The third-order valence-corrected chi connectivity index (χ3v) is 3.00. The van der Waals surface area contributed by atoms with Gasteiger partial charge in [-0.15, -0.1) is 0 Å². The molecule has 0 saturated heterocycles. The maximum atomic E-state index is 5.56. The van der Waals surface area contributed by atoms with Crippen LogP contribution in [0.3, 0.4) is 0 Å². The van der Waals surface area contributed by atoms with Crippen molar-refractivity contribution in [1.29, 1.82) is 0 Å². The molecular formula is C5H9Cl3OSi. The van der Waals surface area contributed by atoms with E-state index in [0.29, 0.717) is 0 Å². The van der Waals surface area contributed by atoms with Gasteiger partial charge in [-0.25, -0.2) is 0 Å². The first kappa shape index (κ1) is 9.14. The Bertz CT molecular complexity index is 108. The molecule has 0 aliphatic heterocycles. The minimum absolute atomic E-state index is 0.221. The smallest absolute Gasteiger partial charge is 0.378 e. The van der Waals surface area contributed by atoms with Crippen LogP contribution < -0.4 is 0 Å². The SMILES string of the molecule is Cl[Si](Cl)(Cl)OC1CCCC1. The molecule has 0 bridgehead atoms. The number of hydrogen-bond donors (Lipinski definition) is 0. The van der Waals surface area contributed by atoms with Crippen LogP contribution in [0.15, 0.2) is 0 Å². The molecule has 0 spiro atoms. The van der Waals surface area contributed by atoms with E-state index < -0.39 is 6.25 Å². The largest absolute Gasteiger partial charge is 0.494 e. The van der Waals surface area contributed by atoms with E-state index in [0.717, 1.165) is 12.8 Å². The van der Waals surface area contributed by atoms with Crippen molar-refractivity contribution in [2.75, 3.05) is 0 Å². The van der Waals surface area contributed by atoms with Crippen LogP contribution >= 0.6 is 33.2 Å². The lowest BCUT2D eigenvalue weighted by molar-refractivity contribution is 0.220.